The van der Waals surface area contributed by atoms with Crippen molar-refractivity contribution in [1.29, 1.82) is 0 Å². The fourth-order valence-electron chi connectivity index (χ4n) is 3.53. The number of amides is 1. The van der Waals surface area contributed by atoms with Gasteiger partial charge in [0.1, 0.15) is 0 Å². The average Bonchev–Trinajstić information content (AvgIpc) is 3.09. The molecule has 2 saturated heterocycles. The van der Waals surface area contributed by atoms with Gasteiger partial charge < -0.3 is 14.2 Å². The Morgan fingerprint density at radius 2 is 2.12 bits per heavy atom. The molecule has 2 fully saturated rings. The highest BCUT2D eigenvalue weighted by Crippen LogP contribution is 2.16. The monoisotopic (exact) mass is 350 g/mol. The topological polar surface area (TPSA) is 62.0 Å². The number of hydrogen-bond acceptors (Lipinski definition) is 6. The zero-order chi connectivity index (χ0) is 17.6. The lowest BCUT2D eigenvalue weighted by Gasteiger charge is -2.34. The summed E-state index contributed by atoms with van der Waals surface area (Å²) in [6.07, 6.45) is 3.83. The Morgan fingerprint density at radius 3 is 2.88 bits per heavy atom. The van der Waals surface area contributed by atoms with Crippen molar-refractivity contribution in [3.05, 3.63) is 17.5 Å². The molecule has 140 valence electrons. The second-order valence-electron chi connectivity index (χ2n) is 7.17. The summed E-state index contributed by atoms with van der Waals surface area (Å²) in [5.74, 6) is 0.671. The fourth-order valence-corrected chi connectivity index (χ4v) is 3.53. The van der Waals surface area contributed by atoms with E-state index < -0.39 is 0 Å². The second kappa shape index (κ2) is 8.78. The van der Waals surface area contributed by atoms with Gasteiger partial charge in [0.05, 0.1) is 19.8 Å². The van der Waals surface area contributed by atoms with Crippen LogP contribution in [0.15, 0.2) is 10.6 Å². The first kappa shape index (κ1) is 18.4. The standard InChI is InChI=1S/C18H30N4O3/c1-15-5-3-4-6-22(15)8-7-20(2)18(23)17-13-16(25-19-17)14-21-9-11-24-12-10-21/h13,15H,3-12,14H2,1-2H3/t15-/m0/s1. The lowest BCUT2D eigenvalue weighted by Crippen LogP contribution is -2.43. The summed E-state index contributed by atoms with van der Waals surface area (Å²) in [6, 6.07) is 2.39. The van der Waals surface area contributed by atoms with Crippen molar-refractivity contribution in [3.8, 4) is 0 Å². The summed E-state index contributed by atoms with van der Waals surface area (Å²) >= 11 is 0. The van der Waals surface area contributed by atoms with Gasteiger partial charge in [-0.25, -0.2) is 0 Å². The Labute approximate surface area is 149 Å². The zero-order valence-corrected chi connectivity index (χ0v) is 15.4. The first-order chi connectivity index (χ1) is 12.1. The van der Waals surface area contributed by atoms with Gasteiger partial charge in [0.2, 0.25) is 0 Å². The summed E-state index contributed by atoms with van der Waals surface area (Å²) in [5.41, 5.74) is 0.400. The Hall–Kier alpha value is -1.44. The van der Waals surface area contributed by atoms with Crippen LogP contribution in [0.3, 0.4) is 0 Å². The molecule has 25 heavy (non-hydrogen) atoms. The lowest BCUT2D eigenvalue weighted by atomic mass is 10.0. The molecule has 7 heteroatoms. The van der Waals surface area contributed by atoms with E-state index in [4.69, 9.17) is 9.26 Å². The molecule has 3 rings (SSSR count). The molecule has 0 aliphatic carbocycles. The molecule has 3 heterocycles. The Morgan fingerprint density at radius 1 is 1.32 bits per heavy atom. The molecular formula is C18H30N4O3. The van der Waals surface area contributed by atoms with E-state index in [9.17, 15) is 4.79 Å². The van der Waals surface area contributed by atoms with Crippen molar-refractivity contribution in [2.75, 3.05) is 53.0 Å². The van der Waals surface area contributed by atoms with Crippen molar-refractivity contribution in [3.63, 3.8) is 0 Å². The SMILES string of the molecule is C[C@H]1CCCCN1CCN(C)C(=O)c1cc(CN2CCOCC2)on1. The maximum absolute atomic E-state index is 12.6. The Kier molecular flexibility index (Phi) is 6.45. The van der Waals surface area contributed by atoms with Gasteiger partial charge in [-0.2, -0.15) is 0 Å². The molecule has 1 aromatic rings. The van der Waals surface area contributed by atoms with Crippen molar-refractivity contribution in [2.24, 2.45) is 0 Å². The number of aromatic nitrogens is 1. The predicted molar refractivity (Wildman–Crippen MR) is 94.4 cm³/mol. The van der Waals surface area contributed by atoms with Gasteiger partial charge in [-0.3, -0.25) is 14.6 Å². The van der Waals surface area contributed by atoms with Gasteiger partial charge in [-0.15, -0.1) is 0 Å². The van der Waals surface area contributed by atoms with E-state index in [0.717, 1.165) is 51.7 Å². The number of morpholine rings is 1. The molecular weight excluding hydrogens is 320 g/mol. The predicted octanol–water partition coefficient (Wildman–Crippen LogP) is 1.45. The molecule has 1 atom stereocenters. The molecule has 0 bridgehead atoms. The van der Waals surface area contributed by atoms with Gasteiger partial charge in [-0.1, -0.05) is 11.6 Å². The first-order valence-electron chi connectivity index (χ1n) is 9.38. The lowest BCUT2D eigenvalue weighted by molar-refractivity contribution is 0.0305. The third kappa shape index (κ3) is 5.03. The quantitative estimate of drug-likeness (QED) is 0.774. The summed E-state index contributed by atoms with van der Waals surface area (Å²) in [4.78, 5) is 19.0. The molecule has 7 nitrogen and oxygen atoms in total. The van der Waals surface area contributed by atoms with Crippen LogP contribution in [0.4, 0.5) is 0 Å². The van der Waals surface area contributed by atoms with Crippen LogP contribution in [0.5, 0.6) is 0 Å². The average molecular weight is 350 g/mol. The van der Waals surface area contributed by atoms with Crippen LogP contribution in [0, 0.1) is 0 Å². The summed E-state index contributed by atoms with van der Waals surface area (Å²) in [6.45, 7) is 8.99. The van der Waals surface area contributed by atoms with Gasteiger partial charge >= 0.3 is 0 Å². The normalized spacial score (nSPS) is 22.9. The number of ether oxygens (including phenoxy) is 1. The number of nitrogens with zero attached hydrogens (tertiary/aromatic N) is 4. The molecule has 0 unspecified atom stereocenters. The van der Waals surface area contributed by atoms with Crippen LogP contribution in [-0.2, 0) is 11.3 Å². The minimum Gasteiger partial charge on any atom is -0.379 e. The highest BCUT2D eigenvalue weighted by molar-refractivity contribution is 5.92. The highest BCUT2D eigenvalue weighted by atomic mass is 16.5. The van der Waals surface area contributed by atoms with Crippen LogP contribution in [0.25, 0.3) is 0 Å². The molecule has 0 N–H and O–H groups in total. The van der Waals surface area contributed by atoms with Gasteiger partial charge in [0.25, 0.3) is 5.91 Å². The number of carbonyl (C=O) groups excluding carboxylic acids is 1. The number of carbonyl (C=O) groups is 1. The van der Waals surface area contributed by atoms with E-state index in [1.807, 2.05) is 7.05 Å². The van der Waals surface area contributed by atoms with Crippen molar-refractivity contribution in [1.82, 2.24) is 19.9 Å². The number of likely N-dealkylation sites (N-methyl/N-ethyl adjacent to an activating group) is 1. The van der Waals surface area contributed by atoms with Crippen molar-refractivity contribution >= 4 is 5.91 Å². The molecule has 1 aromatic heterocycles. The van der Waals surface area contributed by atoms with E-state index in [2.05, 4.69) is 21.9 Å². The van der Waals surface area contributed by atoms with Crippen LogP contribution in [0.1, 0.15) is 42.4 Å². The van der Waals surface area contributed by atoms with E-state index in [1.165, 1.54) is 19.3 Å². The summed E-state index contributed by atoms with van der Waals surface area (Å²) in [7, 11) is 1.84. The van der Waals surface area contributed by atoms with E-state index in [-0.39, 0.29) is 5.91 Å². The minimum absolute atomic E-state index is 0.0679. The van der Waals surface area contributed by atoms with Gasteiger partial charge in [-0.05, 0) is 26.3 Å². The first-order valence-corrected chi connectivity index (χ1v) is 9.38. The number of rotatable bonds is 6. The van der Waals surface area contributed by atoms with E-state index >= 15 is 0 Å². The minimum atomic E-state index is -0.0679. The molecule has 0 saturated carbocycles. The van der Waals surface area contributed by atoms with Crippen molar-refractivity contribution in [2.45, 2.75) is 38.8 Å². The van der Waals surface area contributed by atoms with Crippen LogP contribution >= 0.6 is 0 Å². The number of piperidine rings is 1. The van der Waals surface area contributed by atoms with E-state index in [1.54, 1.807) is 11.0 Å². The Bertz CT molecular complexity index is 556. The summed E-state index contributed by atoms with van der Waals surface area (Å²) < 4.78 is 10.7. The smallest absolute Gasteiger partial charge is 0.275 e. The molecule has 1 amide bonds. The highest BCUT2D eigenvalue weighted by Gasteiger charge is 2.22. The molecule has 0 spiro atoms. The van der Waals surface area contributed by atoms with E-state index in [0.29, 0.717) is 18.3 Å². The largest absolute Gasteiger partial charge is 0.379 e. The molecule has 0 aromatic carbocycles. The zero-order valence-electron chi connectivity index (χ0n) is 15.4. The molecule has 2 aliphatic heterocycles. The number of hydrogen-bond donors (Lipinski definition) is 0. The van der Waals surface area contributed by atoms with Crippen LogP contribution in [0.2, 0.25) is 0 Å². The third-order valence-electron chi connectivity index (χ3n) is 5.27. The molecule has 2 aliphatic rings. The maximum Gasteiger partial charge on any atom is 0.275 e. The van der Waals surface area contributed by atoms with Gasteiger partial charge in [0.15, 0.2) is 11.5 Å². The number of likely N-dealkylation sites (tertiary alicyclic amines) is 1. The summed E-state index contributed by atoms with van der Waals surface area (Å²) in [5, 5.41) is 3.97. The Balaban J connectivity index is 1.48. The van der Waals surface area contributed by atoms with Crippen LogP contribution < -0.4 is 0 Å². The second-order valence-corrected chi connectivity index (χ2v) is 7.17. The van der Waals surface area contributed by atoms with Crippen LogP contribution in [-0.4, -0.2) is 84.8 Å². The molecule has 0 radical (unpaired) electrons. The maximum atomic E-state index is 12.6. The fraction of sp³-hybridized carbons (Fsp3) is 0.778. The van der Waals surface area contributed by atoms with Gasteiger partial charge in [0, 0.05) is 45.3 Å². The third-order valence-corrected chi connectivity index (χ3v) is 5.27. The van der Waals surface area contributed by atoms with Crippen molar-refractivity contribution < 1.29 is 14.1 Å².